The summed E-state index contributed by atoms with van der Waals surface area (Å²) < 4.78 is 19.4. The Labute approximate surface area is 126 Å². The molecule has 0 bridgehead atoms. The first-order chi connectivity index (χ1) is 10.2. The summed E-state index contributed by atoms with van der Waals surface area (Å²) in [6, 6.07) is 13.4. The normalized spacial score (nSPS) is 10.6. The van der Waals surface area contributed by atoms with Gasteiger partial charge in [0.1, 0.15) is 6.61 Å². The van der Waals surface area contributed by atoms with Crippen molar-refractivity contribution in [2.75, 3.05) is 6.54 Å². The quantitative estimate of drug-likeness (QED) is 0.770. The highest BCUT2D eigenvalue weighted by Gasteiger charge is 2.06. The van der Waals surface area contributed by atoms with Crippen molar-refractivity contribution in [1.29, 1.82) is 0 Å². The largest absolute Gasteiger partial charge is 0.486 e. The minimum absolute atomic E-state index is 0.279. The molecule has 112 valence electrons. The second-order valence-corrected chi connectivity index (χ2v) is 5.17. The standard InChI is InChI=1S/C18H22FNO/c1-3-10-20-12-15-7-5-8-16(11-15)13-21-17-9-4-6-14(2)18(17)19/h4-9,11,20H,3,10,12-13H2,1-2H3. The second-order valence-electron chi connectivity index (χ2n) is 5.17. The summed E-state index contributed by atoms with van der Waals surface area (Å²) in [5.41, 5.74) is 2.87. The van der Waals surface area contributed by atoms with E-state index >= 15 is 0 Å². The number of rotatable bonds is 7. The van der Waals surface area contributed by atoms with E-state index < -0.39 is 0 Å². The van der Waals surface area contributed by atoms with Crippen molar-refractivity contribution in [1.82, 2.24) is 5.32 Å². The van der Waals surface area contributed by atoms with Gasteiger partial charge in [-0.2, -0.15) is 0 Å². The van der Waals surface area contributed by atoms with Crippen molar-refractivity contribution in [2.45, 2.75) is 33.4 Å². The number of benzene rings is 2. The molecule has 0 aromatic heterocycles. The number of aryl methyl sites for hydroxylation is 1. The van der Waals surface area contributed by atoms with E-state index in [1.54, 1.807) is 25.1 Å². The van der Waals surface area contributed by atoms with Gasteiger partial charge in [-0.3, -0.25) is 0 Å². The molecule has 2 aromatic rings. The summed E-state index contributed by atoms with van der Waals surface area (Å²) in [6.07, 6.45) is 1.12. The first kappa shape index (κ1) is 15.5. The Hall–Kier alpha value is -1.87. The molecule has 0 saturated carbocycles. The van der Waals surface area contributed by atoms with Gasteiger partial charge in [0.15, 0.2) is 11.6 Å². The lowest BCUT2D eigenvalue weighted by Gasteiger charge is -2.10. The Morgan fingerprint density at radius 3 is 2.67 bits per heavy atom. The molecule has 2 nitrogen and oxygen atoms in total. The zero-order chi connectivity index (χ0) is 15.1. The van der Waals surface area contributed by atoms with Crippen molar-refractivity contribution in [2.24, 2.45) is 0 Å². The Morgan fingerprint density at radius 2 is 1.86 bits per heavy atom. The molecule has 0 radical (unpaired) electrons. The number of hydrogen-bond donors (Lipinski definition) is 1. The van der Waals surface area contributed by atoms with E-state index in [9.17, 15) is 4.39 Å². The number of hydrogen-bond acceptors (Lipinski definition) is 2. The molecule has 1 N–H and O–H groups in total. The van der Waals surface area contributed by atoms with Crippen LogP contribution < -0.4 is 10.1 Å². The fourth-order valence-electron chi connectivity index (χ4n) is 2.13. The fourth-order valence-corrected chi connectivity index (χ4v) is 2.13. The van der Waals surface area contributed by atoms with Crippen LogP contribution in [0.15, 0.2) is 42.5 Å². The van der Waals surface area contributed by atoms with Gasteiger partial charge in [0, 0.05) is 6.54 Å². The monoisotopic (exact) mass is 287 g/mol. The average molecular weight is 287 g/mol. The van der Waals surface area contributed by atoms with Crippen molar-refractivity contribution in [3.05, 3.63) is 65.0 Å². The molecule has 0 fully saturated rings. The molecule has 0 aliphatic carbocycles. The Kier molecular flexibility index (Phi) is 5.76. The highest BCUT2D eigenvalue weighted by atomic mass is 19.1. The van der Waals surface area contributed by atoms with Crippen LogP contribution >= 0.6 is 0 Å². The Morgan fingerprint density at radius 1 is 1.10 bits per heavy atom. The Bertz CT molecular complexity index is 583. The first-order valence-corrected chi connectivity index (χ1v) is 7.37. The zero-order valence-corrected chi connectivity index (χ0v) is 12.7. The number of nitrogens with one attached hydrogen (secondary N) is 1. The van der Waals surface area contributed by atoms with Crippen LogP contribution in [0.5, 0.6) is 5.75 Å². The van der Waals surface area contributed by atoms with Crippen LogP contribution in [0.3, 0.4) is 0 Å². The summed E-state index contributed by atoms with van der Waals surface area (Å²) >= 11 is 0. The fraction of sp³-hybridized carbons (Fsp3) is 0.333. The molecule has 2 rings (SSSR count). The number of ether oxygens (including phenoxy) is 1. The molecular weight excluding hydrogens is 265 g/mol. The van der Waals surface area contributed by atoms with E-state index in [0.29, 0.717) is 17.9 Å². The van der Waals surface area contributed by atoms with E-state index in [2.05, 4.69) is 24.4 Å². The maximum absolute atomic E-state index is 13.9. The maximum atomic E-state index is 13.9. The predicted octanol–water partition coefficient (Wildman–Crippen LogP) is 4.21. The van der Waals surface area contributed by atoms with Crippen molar-refractivity contribution >= 4 is 0 Å². The van der Waals surface area contributed by atoms with E-state index in [4.69, 9.17) is 4.74 Å². The van der Waals surface area contributed by atoms with E-state index in [0.717, 1.165) is 25.1 Å². The highest BCUT2D eigenvalue weighted by molar-refractivity contribution is 5.31. The lowest BCUT2D eigenvalue weighted by molar-refractivity contribution is 0.289. The van der Waals surface area contributed by atoms with Crippen LogP contribution in [0.25, 0.3) is 0 Å². The van der Waals surface area contributed by atoms with Gasteiger partial charge in [0.2, 0.25) is 0 Å². The van der Waals surface area contributed by atoms with Crippen molar-refractivity contribution in [3.63, 3.8) is 0 Å². The summed E-state index contributed by atoms with van der Waals surface area (Å²) in [7, 11) is 0. The molecule has 21 heavy (non-hydrogen) atoms. The van der Waals surface area contributed by atoms with E-state index in [1.165, 1.54) is 5.56 Å². The zero-order valence-electron chi connectivity index (χ0n) is 12.7. The first-order valence-electron chi connectivity index (χ1n) is 7.37. The SMILES string of the molecule is CCCNCc1cccc(COc2cccc(C)c2F)c1. The summed E-state index contributed by atoms with van der Waals surface area (Å²) in [6.45, 7) is 6.12. The molecule has 0 heterocycles. The second kappa shape index (κ2) is 7.79. The van der Waals surface area contributed by atoms with Gasteiger partial charge in [-0.1, -0.05) is 43.3 Å². The molecule has 3 heteroatoms. The third-order valence-corrected chi connectivity index (χ3v) is 3.30. The van der Waals surface area contributed by atoms with Crippen molar-refractivity contribution in [3.8, 4) is 5.75 Å². The van der Waals surface area contributed by atoms with Gasteiger partial charge >= 0.3 is 0 Å². The maximum Gasteiger partial charge on any atom is 0.167 e. The third-order valence-electron chi connectivity index (χ3n) is 3.30. The van der Waals surface area contributed by atoms with Crippen LogP contribution in [0, 0.1) is 12.7 Å². The predicted molar refractivity (Wildman–Crippen MR) is 83.9 cm³/mol. The van der Waals surface area contributed by atoms with Crippen molar-refractivity contribution < 1.29 is 9.13 Å². The minimum Gasteiger partial charge on any atom is -0.486 e. The number of halogens is 1. The Balaban J connectivity index is 1.96. The smallest absolute Gasteiger partial charge is 0.167 e. The van der Waals surface area contributed by atoms with Gasteiger partial charge in [-0.25, -0.2) is 4.39 Å². The topological polar surface area (TPSA) is 21.3 Å². The van der Waals surface area contributed by atoms with Crippen LogP contribution in [0.4, 0.5) is 4.39 Å². The molecule has 0 spiro atoms. The molecule has 0 saturated heterocycles. The summed E-state index contributed by atoms with van der Waals surface area (Å²) in [5, 5.41) is 3.37. The molecule has 0 aliphatic heterocycles. The van der Waals surface area contributed by atoms with E-state index in [1.807, 2.05) is 12.1 Å². The van der Waals surface area contributed by atoms with Gasteiger partial charge in [0.25, 0.3) is 0 Å². The average Bonchev–Trinajstić information content (AvgIpc) is 2.50. The van der Waals surface area contributed by atoms with Crippen LogP contribution in [-0.4, -0.2) is 6.54 Å². The molecule has 0 unspecified atom stereocenters. The lowest BCUT2D eigenvalue weighted by Crippen LogP contribution is -2.13. The lowest BCUT2D eigenvalue weighted by atomic mass is 10.1. The molecule has 0 aliphatic rings. The molecule has 2 aromatic carbocycles. The van der Waals surface area contributed by atoms with Gasteiger partial charge in [-0.15, -0.1) is 0 Å². The summed E-state index contributed by atoms with van der Waals surface area (Å²) in [4.78, 5) is 0. The van der Waals surface area contributed by atoms with E-state index in [-0.39, 0.29) is 5.82 Å². The highest BCUT2D eigenvalue weighted by Crippen LogP contribution is 2.21. The van der Waals surface area contributed by atoms with Gasteiger partial charge in [-0.05, 0) is 42.6 Å². The van der Waals surface area contributed by atoms with Crippen LogP contribution in [0.2, 0.25) is 0 Å². The third kappa shape index (κ3) is 4.57. The van der Waals surface area contributed by atoms with Gasteiger partial charge < -0.3 is 10.1 Å². The molecule has 0 amide bonds. The molecule has 0 atom stereocenters. The van der Waals surface area contributed by atoms with Crippen LogP contribution in [0.1, 0.15) is 30.0 Å². The van der Waals surface area contributed by atoms with Gasteiger partial charge in [0.05, 0.1) is 0 Å². The van der Waals surface area contributed by atoms with Crippen LogP contribution in [-0.2, 0) is 13.2 Å². The minimum atomic E-state index is -0.279. The molecular formula is C18H22FNO. The summed E-state index contributed by atoms with van der Waals surface area (Å²) in [5.74, 6) is 0.0304.